The van der Waals surface area contributed by atoms with E-state index in [-0.39, 0.29) is 30.5 Å². The van der Waals surface area contributed by atoms with Gasteiger partial charge in [-0.25, -0.2) is 4.98 Å². The van der Waals surface area contributed by atoms with Crippen LogP contribution in [0.3, 0.4) is 0 Å². The number of carbonyl (C=O) groups excluding carboxylic acids is 2. The maximum absolute atomic E-state index is 13.9. The Hall–Kier alpha value is -3.24. The summed E-state index contributed by atoms with van der Waals surface area (Å²) in [4.78, 5) is 33.8. The van der Waals surface area contributed by atoms with Gasteiger partial charge in [-0.1, -0.05) is 45.0 Å². The molecular formula is C25H31N5O4S. The summed E-state index contributed by atoms with van der Waals surface area (Å²) in [6.07, 6.45) is 1.79. The van der Waals surface area contributed by atoms with Crippen LogP contribution in [0, 0.1) is 12.8 Å². The van der Waals surface area contributed by atoms with Crippen molar-refractivity contribution in [1.82, 2.24) is 19.7 Å². The summed E-state index contributed by atoms with van der Waals surface area (Å²) in [6.45, 7) is 7.53. The number of carbonyl (C=O) groups is 2. The molecule has 3 heterocycles. The number of primary amides is 1. The van der Waals surface area contributed by atoms with Gasteiger partial charge in [-0.05, 0) is 24.0 Å². The van der Waals surface area contributed by atoms with Crippen LogP contribution in [-0.2, 0) is 9.59 Å². The predicted molar refractivity (Wildman–Crippen MR) is 133 cm³/mol. The van der Waals surface area contributed by atoms with Crippen LogP contribution in [0.25, 0.3) is 10.4 Å². The second-order valence-electron chi connectivity index (χ2n) is 9.57. The van der Waals surface area contributed by atoms with Crippen LogP contribution in [0.2, 0.25) is 0 Å². The van der Waals surface area contributed by atoms with E-state index in [1.54, 1.807) is 16.8 Å². The van der Waals surface area contributed by atoms with Crippen molar-refractivity contribution in [1.29, 1.82) is 0 Å². The molecule has 186 valence electrons. The molecule has 0 saturated carbocycles. The fourth-order valence-electron chi connectivity index (χ4n) is 5.17. The van der Waals surface area contributed by atoms with Gasteiger partial charge in [-0.3, -0.25) is 14.3 Å². The molecule has 35 heavy (non-hydrogen) atoms. The van der Waals surface area contributed by atoms with Crippen molar-refractivity contribution in [2.75, 3.05) is 6.54 Å². The zero-order valence-corrected chi connectivity index (χ0v) is 21.1. The molecule has 4 atom stereocenters. The van der Waals surface area contributed by atoms with E-state index < -0.39 is 29.5 Å². The number of likely N-dealkylation sites (tertiary alicyclic amines) is 1. The molecule has 9 nitrogen and oxygen atoms in total. The largest absolute Gasteiger partial charge is 0.505 e. The molecule has 0 bridgehead atoms. The Bertz CT molecular complexity index is 1220. The highest BCUT2D eigenvalue weighted by molar-refractivity contribution is 7.13. The van der Waals surface area contributed by atoms with Crippen LogP contribution in [0.5, 0.6) is 5.75 Å². The highest BCUT2D eigenvalue weighted by atomic mass is 32.1. The smallest absolute Gasteiger partial charge is 0.248 e. The van der Waals surface area contributed by atoms with Gasteiger partial charge in [0.2, 0.25) is 11.8 Å². The van der Waals surface area contributed by atoms with Crippen molar-refractivity contribution < 1.29 is 19.8 Å². The fourth-order valence-corrected chi connectivity index (χ4v) is 5.98. The van der Waals surface area contributed by atoms with Crippen LogP contribution < -0.4 is 5.73 Å². The number of aliphatic hydroxyl groups excluding tert-OH is 1. The Kier molecular flexibility index (Phi) is 6.70. The molecule has 1 aliphatic heterocycles. The number of rotatable bonds is 7. The number of nitrogens with two attached hydrogens (primary N) is 1. The molecule has 1 aromatic carbocycles. The van der Waals surface area contributed by atoms with Crippen molar-refractivity contribution in [2.45, 2.75) is 57.7 Å². The topological polar surface area (TPSA) is 135 Å². The van der Waals surface area contributed by atoms with Gasteiger partial charge in [0.1, 0.15) is 11.6 Å². The quantitative estimate of drug-likeness (QED) is 0.459. The molecule has 2 amide bonds. The number of aryl methyl sites for hydroxylation is 1. The summed E-state index contributed by atoms with van der Waals surface area (Å²) in [5.74, 6) is -1.76. The van der Waals surface area contributed by atoms with Crippen LogP contribution in [0.1, 0.15) is 50.4 Å². The van der Waals surface area contributed by atoms with Crippen molar-refractivity contribution in [2.24, 2.45) is 11.7 Å². The summed E-state index contributed by atoms with van der Waals surface area (Å²) in [7, 11) is 0. The minimum atomic E-state index is -1.42. The molecule has 4 N–H and O–H groups in total. The van der Waals surface area contributed by atoms with Crippen LogP contribution in [0.15, 0.2) is 42.2 Å². The molecule has 3 aromatic rings. The summed E-state index contributed by atoms with van der Waals surface area (Å²) in [5.41, 5.74) is 9.18. The highest BCUT2D eigenvalue weighted by Crippen LogP contribution is 2.43. The first kappa shape index (κ1) is 24.9. The van der Waals surface area contributed by atoms with E-state index in [0.717, 1.165) is 21.7 Å². The van der Waals surface area contributed by atoms with Crippen LogP contribution in [0.4, 0.5) is 0 Å². The number of aromatic hydroxyl groups is 1. The Morgan fingerprint density at radius 3 is 2.43 bits per heavy atom. The summed E-state index contributed by atoms with van der Waals surface area (Å²) >= 11 is 1.56. The zero-order chi connectivity index (χ0) is 25.5. The van der Waals surface area contributed by atoms with E-state index in [0.29, 0.717) is 0 Å². The van der Waals surface area contributed by atoms with E-state index in [2.05, 4.69) is 10.1 Å². The molecule has 2 aromatic heterocycles. The first-order valence-electron chi connectivity index (χ1n) is 11.6. The predicted octanol–water partition coefficient (Wildman–Crippen LogP) is 2.84. The van der Waals surface area contributed by atoms with Crippen LogP contribution in [-0.4, -0.2) is 59.9 Å². The maximum atomic E-state index is 13.9. The van der Waals surface area contributed by atoms with Gasteiger partial charge in [0.15, 0.2) is 5.75 Å². The number of aromatic nitrogens is 3. The average Bonchev–Trinajstić information content (AvgIpc) is 3.52. The van der Waals surface area contributed by atoms with Crippen molar-refractivity contribution in [3.63, 3.8) is 0 Å². The first-order valence-corrected chi connectivity index (χ1v) is 12.5. The van der Waals surface area contributed by atoms with Gasteiger partial charge in [0.25, 0.3) is 0 Å². The van der Waals surface area contributed by atoms with E-state index in [1.807, 2.05) is 52.0 Å². The van der Waals surface area contributed by atoms with E-state index >= 15 is 0 Å². The van der Waals surface area contributed by atoms with Gasteiger partial charge in [0.05, 0.1) is 34.6 Å². The number of hydrogen-bond donors (Lipinski definition) is 3. The molecule has 1 saturated heterocycles. The molecule has 1 unspecified atom stereocenters. The molecule has 0 radical (unpaired) electrons. The summed E-state index contributed by atoms with van der Waals surface area (Å²) in [6, 6.07) is 7.04. The number of β-amino-alcohol motifs (C(OH)–C–C–N with tert-alkyl or cyclic N) is 1. The zero-order valence-electron chi connectivity index (χ0n) is 20.3. The number of benzene rings is 1. The Morgan fingerprint density at radius 2 is 1.91 bits per heavy atom. The van der Waals surface area contributed by atoms with Crippen LogP contribution >= 0.6 is 11.3 Å². The molecule has 1 fully saturated rings. The van der Waals surface area contributed by atoms with Gasteiger partial charge in [-0.2, -0.15) is 5.10 Å². The second kappa shape index (κ2) is 9.43. The van der Waals surface area contributed by atoms with E-state index in [9.17, 15) is 19.8 Å². The van der Waals surface area contributed by atoms with Crippen molar-refractivity contribution in [3.8, 4) is 16.2 Å². The minimum absolute atomic E-state index is 0.0132. The first-order chi connectivity index (χ1) is 16.6. The SMILES string of the molecule is Cc1ncsc1-c1ccc([C@H](C)[C@]2(C(N)=O)C[C@@H](O)CN2C(=O)C(C(C)C)n2cc(O)cn2)cc1. The molecule has 0 spiro atoms. The molecular weight excluding hydrogens is 466 g/mol. The van der Waals surface area contributed by atoms with Crippen molar-refractivity contribution in [3.05, 3.63) is 53.4 Å². The summed E-state index contributed by atoms with van der Waals surface area (Å²) in [5, 5.41) is 24.6. The number of nitrogens with zero attached hydrogens (tertiary/aromatic N) is 4. The monoisotopic (exact) mass is 497 g/mol. The number of amides is 2. The van der Waals surface area contributed by atoms with E-state index in [1.165, 1.54) is 22.0 Å². The average molecular weight is 498 g/mol. The van der Waals surface area contributed by atoms with Gasteiger partial charge < -0.3 is 20.8 Å². The second-order valence-corrected chi connectivity index (χ2v) is 10.4. The number of thiazole rings is 1. The lowest BCUT2D eigenvalue weighted by Gasteiger charge is -2.42. The standard InChI is InChI=1S/C25H31N5O4S/c1-14(2)21(30-12-20(32)10-28-30)23(33)29-11-19(31)9-25(29,24(26)34)15(3)17-5-7-18(8-6-17)22-16(4)27-13-35-22/h5-8,10,12-15,19,21,31-32H,9,11H2,1-4H3,(H2,26,34)/t15-,19+,21?,25-/m0/s1. The van der Waals surface area contributed by atoms with Gasteiger partial charge in [-0.15, -0.1) is 11.3 Å². The Balaban J connectivity index is 1.72. The lowest BCUT2D eigenvalue weighted by molar-refractivity contribution is -0.148. The minimum Gasteiger partial charge on any atom is -0.505 e. The lowest BCUT2D eigenvalue weighted by atomic mass is 9.76. The lowest BCUT2D eigenvalue weighted by Crippen LogP contribution is -2.60. The molecule has 10 heteroatoms. The van der Waals surface area contributed by atoms with Crippen molar-refractivity contribution >= 4 is 23.2 Å². The Morgan fingerprint density at radius 1 is 1.23 bits per heavy atom. The molecule has 1 aliphatic rings. The normalized spacial score (nSPS) is 21.9. The number of aliphatic hydroxyl groups is 1. The third-order valence-electron chi connectivity index (χ3n) is 7.01. The molecule has 0 aliphatic carbocycles. The maximum Gasteiger partial charge on any atom is 0.248 e. The van der Waals surface area contributed by atoms with Gasteiger partial charge >= 0.3 is 0 Å². The third-order valence-corrected chi connectivity index (χ3v) is 7.98. The summed E-state index contributed by atoms with van der Waals surface area (Å²) < 4.78 is 1.40. The van der Waals surface area contributed by atoms with Gasteiger partial charge in [0, 0.05) is 18.9 Å². The van der Waals surface area contributed by atoms with E-state index in [4.69, 9.17) is 5.73 Å². The fraction of sp³-hybridized carbons (Fsp3) is 0.440. The molecule has 4 rings (SSSR count). The third kappa shape index (κ3) is 4.32. The highest BCUT2D eigenvalue weighted by Gasteiger charge is 2.57. The number of hydrogen-bond acceptors (Lipinski definition) is 7. The Labute approximate surface area is 208 Å².